The number of halogens is 1. The summed E-state index contributed by atoms with van der Waals surface area (Å²) in [6.07, 6.45) is -0.562. The number of β-amino-alcohol motifs (C(OH)–C–C–N with tert-alkyl or cyclic N) is 1. The summed E-state index contributed by atoms with van der Waals surface area (Å²) in [5, 5.41) is 17.1. The first kappa shape index (κ1) is 23.1. The first-order valence-corrected chi connectivity index (χ1v) is 12.2. The van der Waals surface area contributed by atoms with Crippen LogP contribution in [0.25, 0.3) is 0 Å². The van der Waals surface area contributed by atoms with Crippen molar-refractivity contribution in [1.82, 2.24) is 15.1 Å². The molecule has 34 heavy (non-hydrogen) atoms. The lowest BCUT2D eigenvalue weighted by atomic mass is 10.00. The molecule has 2 aromatic rings. The number of piperidine rings is 1. The Morgan fingerprint density at radius 2 is 1.97 bits per heavy atom. The Labute approximate surface area is 199 Å². The Kier molecular flexibility index (Phi) is 6.99. The van der Waals surface area contributed by atoms with E-state index >= 15 is 0 Å². The molecule has 0 aliphatic carbocycles. The first-order valence-electron chi connectivity index (χ1n) is 12.2. The van der Waals surface area contributed by atoms with E-state index in [9.17, 15) is 14.3 Å². The van der Waals surface area contributed by atoms with Gasteiger partial charge in [-0.2, -0.15) is 0 Å². The van der Waals surface area contributed by atoms with Crippen LogP contribution >= 0.6 is 0 Å². The lowest BCUT2D eigenvalue weighted by Crippen LogP contribution is -2.44. The van der Waals surface area contributed by atoms with Crippen LogP contribution in [-0.4, -0.2) is 85.0 Å². The van der Waals surface area contributed by atoms with Gasteiger partial charge in [0.05, 0.1) is 17.4 Å². The lowest BCUT2D eigenvalue weighted by Gasteiger charge is -2.32. The summed E-state index contributed by atoms with van der Waals surface area (Å²) in [6, 6.07) is 13.7. The maximum absolute atomic E-state index is 14.1. The van der Waals surface area contributed by atoms with Gasteiger partial charge < -0.3 is 25.4 Å². The molecule has 0 spiro atoms. The highest BCUT2D eigenvalue weighted by molar-refractivity contribution is 6.00. The zero-order valence-electron chi connectivity index (χ0n) is 19.4. The molecule has 182 valence electrons. The minimum atomic E-state index is -1.05. The van der Waals surface area contributed by atoms with E-state index in [-0.39, 0.29) is 12.5 Å². The average molecular weight is 469 g/mol. The van der Waals surface area contributed by atoms with Crippen LogP contribution in [0.4, 0.5) is 10.1 Å². The molecule has 3 heterocycles. The van der Waals surface area contributed by atoms with Crippen molar-refractivity contribution in [2.24, 2.45) is 0 Å². The van der Waals surface area contributed by atoms with E-state index < -0.39 is 18.4 Å². The third-order valence-corrected chi connectivity index (χ3v) is 6.95. The number of ether oxygens (including phenoxy) is 1. The summed E-state index contributed by atoms with van der Waals surface area (Å²) >= 11 is 0. The van der Waals surface area contributed by atoms with Crippen LogP contribution < -0.4 is 15.4 Å². The van der Waals surface area contributed by atoms with Crippen LogP contribution in [-0.2, 0) is 13.0 Å². The van der Waals surface area contributed by atoms with Crippen molar-refractivity contribution in [2.75, 3.05) is 51.1 Å². The molecule has 1 amide bonds. The Bertz CT molecular complexity index is 1020. The monoisotopic (exact) mass is 468 g/mol. The van der Waals surface area contributed by atoms with Gasteiger partial charge in [-0.25, -0.2) is 4.39 Å². The highest BCUT2D eigenvalue weighted by atomic mass is 19.1. The number of aliphatic hydroxyl groups excluding tert-OH is 1. The molecule has 5 rings (SSSR count). The Morgan fingerprint density at radius 1 is 1.12 bits per heavy atom. The molecule has 0 radical (unpaired) electrons. The van der Waals surface area contributed by atoms with Crippen molar-refractivity contribution in [2.45, 2.75) is 37.8 Å². The zero-order chi connectivity index (χ0) is 23.5. The SMILES string of the molecule is O=C1c2ccc(OC3CCNCC3F)cc2NCCN1CC(O)CN1CCc2ccccc2C1. The first-order chi connectivity index (χ1) is 16.6. The predicted molar refractivity (Wildman–Crippen MR) is 129 cm³/mol. The fraction of sp³-hybridized carbons (Fsp3) is 0.500. The lowest BCUT2D eigenvalue weighted by molar-refractivity contribution is 0.0522. The topological polar surface area (TPSA) is 77.1 Å². The summed E-state index contributed by atoms with van der Waals surface area (Å²) < 4.78 is 20.0. The Balaban J connectivity index is 1.20. The van der Waals surface area contributed by atoms with E-state index in [2.05, 4.69) is 39.8 Å². The second-order valence-corrected chi connectivity index (χ2v) is 9.46. The van der Waals surface area contributed by atoms with Gasteiger partial charge in [0.1, 0.15) is 18.0 Å². The number of nitrogens with zero attached hydrogens (tertiary/aromatic N) is 2. The van der Waals surface area contributed by atoms with Crippen molar-refractivity contribution in [3.8, 4) is 5.75 Å². The molecule has 1 fully saturated rings. The molecular weight excluding hydrogens is 435 g/mol. The van der Waals surface area contributed by atoms with Crippen LogP contribution in [0.15, 0.2) is 42.5 Å². The predicted octanol–water partition coefficient (Wildman–Crippen LogP) is 2.05. The van der Waals surface area contributed by atoms with Crippen LogP contribution in [0, 0.1) is 0 Å². The van der Waals surface area contributed by atoms with Gasteiger partial charge >= 0.3 is 0 Å². The van der Waals surface area contributed by atoms with E-state index in [1.165, 1.54) is 11.1 Å². The van der Waals surface area contributed by atoms with Gasteiger partial charge in [0.25, 0.3) is 5.91 Å². The smallest absolute Gasteiger partial charge is 0.256 e. The fourth-order valence-corrected chi connectivity index (χ4v) is 5.13. The van der Waals surface area contributed by atoms with E-state index in [4.69, 9.17) is 4.74 Å². The third-order valence-electron chi connectivity index (χ3n) is 6.95. The summed E-state index contributed by atoms with van der Waals surface area (Å²) in [5.41, 5.74) is 3.93. The van der Waals surface area contributed by atoms with Crippen molar-refractivity contribution in [3.63, 3.8) is 0 Å². The van der Waals surface area contributed by atoms with Gasteiger partial charge in [-0.05, 0) is 42.6 Å². The maximum Gasteiger partial charge on any atom is 0.256 e. The number of rotatable bonds is 6. The Morgan fingerprint density at radius 3 is 2.82 bits per heavy atom. The molecule has 0 saturated carbocycles. The summed E-state index contributed by atoms with van der Waals surface area (Å²) in [4.78, 5) is 17.2. The van der Waals surface area contributed by atoms with E-state index in [1.807, 2.05) is 0 Å². The molecule has 0 bridgehead atoms. The molecule has 1 saturated heterocycles. The van der Waals surface area contributed by atoms with Crippen molar-refractivity contribution >= 4 is 11.6 Å². The summed E-state index contributed by atoms with van der Waals surface area (Å²) in [6.45, 7) is 4.66. The number of carbonyl (C=O) groups is 1. The molecule has 8 heteroatoms. The number of fused-ring (bicyclic) bond motifs is 2. The second-order valence-electron chi connectivity index (χ2n) is 9.46. The third kappa shape index (κ3) is 5.19. The van der Waals surface area contributed by atoms with Crippen LogP contribution in [0.5, 0.6) is 5.75 Å². The summed E-state index contributed by atoms with van der Waals surface area (Å²) in [7, 11) is 0. The number of benzene rings is 2. The van der Waals surface area contributed by atoms with Gasteiger partial charge in [-0.15, -0.1) is 0 Å². The van der Waals surface area contributed by atoms with Crippen molar-refractivity contribution in [3.05, 3.63) is 59.2 Å². The fourth-order valence-electron chi connectivity index (χ4n) is 5.13. The Hall–Kier alpha value is -2.68. The molecule has 3 atom stereocenters. The van der Waals surface area contributed by atoms with Gasteiger partial charge in [0.15, 0.2) is 0 Å². The number of hydrogen-bond acceptors (Lipinski definition) is 6. The molecule has 3 N–H and O–H groups in total. The molecule has 7 nitrogen and oxygen atoms in total. The molecule has 3 unspecified atom stereocenters. The molecular formula is C26H33FN4O3. The maximum atomic E-state index is 14.1. The van der Waals surface area contributed by atoms with Crippen LogP contribution in [0.3, 0.4) is 0 Å². The molecule has 3 aliphatic rings. The number of nitrogens with one attached hydrogen (secondary N) is 2. The van der Waals surface area contributed by atoms with Gasteiger partial charge in [0, 0.05) is 51.9 Å². The zero-order valence-corrected chi connectivity index (χ0v) is 19.4. The number of hydrogen-bond donors (Lipinski definition) is 3. The molecule has 3 aliphatic heterocycles. The van der Waals surface area contributed by atoms with Gasteiger partial charge in [-0.1, -0.05) is 24.3 Å². The normalized spacial score (nSPS) is 23.9. The van der Waals surface area contributed by atoms with Crippen LogP contribution in [0.1, 0.15) is 27.9 Å². The second kappa shape index (κ2) is 10.3. The standard InChI is InChI=1S/C26H33FN4O3/c27-23-14-28-9-7-25(23)34-21-5-6-22-24(13-21)29-10-12-31(26(22)33)17-20(32)16-30-11-8-18-3-1-2-4-19(18)15-30/h1-6,13,20,23,25,28-29,32H,7-12,14-17H2. The number of amides is 1. The number of anilines is 1. The van der Waals surface area contributed by atoms with E-state index in [1.54, 1.807) is 23.1 Å². The van der Waals surface area contributed by atoms with Crippen molar-refractivity contribution < 1.29 is 19.0 Å². The number of carbonyl (C=O) groups excluding carboxylic acids is 1. The summed E-state index contributed by atoms with van der Waals surface area (Å²) in [5.74, 6) is 0.451. The number of alkyl halides is 1. The van der Waals surface area contributed by atoms with Crippen molar-refractivity contribution in [1.29, 1.82) is 0 Å². The average Bonchev–Trinajstić information content (AvgIpc) is 2.99. The minimum Gasteiger partial charge on any atom is -0.487 e. The minimum absolute atomic E-state index is 0.111. The van der Waals surface area contributed by atoms with E-state index in [0.717, 1.165) is 26.1 Å². The highest BCUT2D eigenvalue weighted by Gasteiger charge is 2.29. The highest BCUT2D eigenvalue weighted by Crippen LogP contribution is 2.28. The molecule has 0 aromatic heterocycles. The quantitative estimate of drug-likeness (QED) is 0.603. The molecule has 2 aromatic carbocycles. The largest absolute Gasteiger partial charge is 0.487 e. The van der Waals surface area contributed by atoms with Crippen LogP contribution in [0.2, 0.25) is 0 Å². The van der Waals surface area contributed by atoms with Gasteiger partial charge in [-0.3, -0.25) is 9.69 Å². The van der Waals surface area contributed by atoms with Gasteiger partial charge in [0.2, 0.25) is 0 Å². The number of aliphatic hydroxyl groups is 1. The van der Waals surface area contributed by atoms with E-state index in [0.29, 0.717) is 49.6 Å².